The van der Waals surface area contributed by atoms with E-state index in [1.807, 2.05) is 6.07 Å². The lowest BCUT2D eigenvalue weighted by molar-refractivity contribution is -0.147. The summed E-state index contributed by atoms with van der Waals surface area (Å²) in [5, 5.41) is 11.4. The van der Waals surface area contributed by atoms with Crippen LogP contribution in [-0.4, -0.2) is 44.8 Å². The van der Waals surface area contributed by atoms with Gasteiger partial charge in [0.2, 0.25) is 10.0 Å². The first-order valence-corrected chi connectivity index (χ1v) is 9.82. The lowest BCUT2D eigenvalue weighted by Crippen LogP contribution is -2.34. The highest BCUT2D eigenvalue weighted by Crippen LogP contribution is 2.20. The summed E-state index contributed by atoms with van der Waals surface area (Å²) in [6.07, 6.45) is 0. The number of carbonyl (C=O) groups is 2. The van der Waals surface area contributed by atoms with Crippen molar-refractivity contribution in [1.29, 1.82) is 5.26 Å². The van der Waals surface area contributed by atoms with Gasteiger partial charge in [0.1, 0.15) is 18.4 Å². The number of nitriles is 1. The molecule has 0 spiro atoms. The first-order valence-electron chi connectivity index (χ1n) is 8.00. The van der Waals surface area contributed by atoms with E-state index in [9.17, 15) is 22.4 Å². The maximum Gasteiger partial charge on any atom is 0.321 e. The van der Waals surface area contributed by atoms with Gasteiger partial charge in [-0.3, -0.25) is 9.59 Å². The Morgan fingerprint density at radius 2 is 1.90 bits per heavy atom. The second-order valence-corrected chi connectivity index (χ2v) is 8.18. The molecule has 0 unspecified atom stereocenters. The summed E-state index contributed by atoms with van der Waals surface area (Å²) in [5.41, 5.74) is 0.535. The number of likely N-dealkylation sites (N-methyl/N-ethyl adjacent to an activating group) is 1. The molecular weight excluding hydrogens is 425 g/mol. The SMILES string of the molecule is CN(CC(=O)OCC(=O)Nc1ccc(C#N)c(Cl)c1)S(=O)(=O)c1ccc(F)cc1. The first kappa shape index (κ1) is 22.3. The van der Waals surface area contributed by atoms with Crippen molar-refractivity contribution in [2.75, 3.05) is 25.5 Å². The second-order valence-electron chi connectivity index (χ2n) is 5.73. The summed E-state index contributed by atoms with van der Waals surface area (Å²) in [4.78, 5) is 23.5. The Kier molecular flexibility index (Phi) is 7.28. The number of carbonyl (C=O) groups excluding carboxylic acids is 2. The van der Waals surface area contributed by atoms with Gasteiger partial charge in [0, 0.05) is 12.7 Å². The number of hydrogen-bond acceptors (Lipinski definition) is 6. The van der Waals surface area contributed by atoms with Gasteiger partial charge in [0.05, 0.1) is 15.5 Å². The Balaban J connectivity index is 1.88. The van der Waals surface area contributed by atoms with Crippen molar-refractivity contribution >= 4 is 39.2 Å². The molecule has 0 aliphatic heterocycles. The average molecular weight is 440 g/mol. The van der Waals surface area contributed by atoms with E-state index in [2.05, 4.69) is 5.32 Å². The van der Waals surface area contributed by atoms with Crippen molar-refractivity contribution in [3.63, 3.8) is 0 Å². The minimum Gasteiger partial charge on any atom is -0.455 e. The molecule has 1 amide bonds. The molecule has 0 aliphatic rings. The zero-order valence-corrected chi connectivity index (χ0v) is 16.6. The number of benzene rings is 2. The van der Waals surface area contributed by atoms with Crippen LogP contribution in [0.25, 0.3) is 0 Å². The van der Waals surface area contributed by atoms with Crippen LogP contribution < -0.4 is 5.32 Å². The maximum atomic E-state index is 12.9. The Morgan fingerprint density at radius 3 is 2.48 bits per heavy atom. The summed E-state index contributed by atoms with van der Waals surface area (Å²) in [6.45, 7) is -1.30. The summed E-state index contributed by atoms with van der Waals surface area (Å²) in [5.74, 6) is -2.23. The molecule has 0 fully saturated rings. The largest absolute Gasteiger partial charge is 0.455 e. The lowest BCUT2D eigenvalue weighted by atomic mass is 10.2. The summed E-state index contributed by atoms with van der Waals surface area (Å²) >= 11 is 5.86. The molecule has 0 saturated carbocycles. The minimum absolute atomic E-state index is 0.148. The highest BCUT2D eigenvalue weighted by Gasteiger charge is 2.24. The standard InChI is InChI=1S/C18H15ClFN3O5S/c1-23(29(26,27)15-6-3-13(20)4-7-15)10-18(25)28-11-17(24)22-14-5-2-12(9-21)16(19)8-14/h2-8H,10-11H2,1H3,(H,22,24). The predicted octanol–water partition coefficient (Wildman–Crippen LogP) is 2.15. The van der Waals surface area contributed by atoms with Gasteiger partial charge in [-0.15, -0.1) is 0 Å². The molecule has 152 valence electrons. The number of nitrogens with zero attached hydrogens (tertiary/aromatic N) is 2. The van der Waals surface area contributed by atoms with Gasteiger partial charge in [0.15, 0.2) is 6.61 Å². The number of halogens is 2. The van der Waals surface area contributed by atoms with E-state index in [0.29, 0.717) is 5.69 Å². The minimum atomic E-state index is -4.03. The predicted molar refractivity (Wildman–Crippen MR) is 102 cm³/mol. The van der Waals surface area contributed by atoms with Gasteiger partial charge in [-0.2, -0.15) is 9.57 Å². The van der Waals surface area contributed by atoms with E-state index in [1.54, 1.807) is 0 Å². The number of anilines is 1. The maximum absolute atomic E-state index is 12.9. The topological polar surface area (TPSA) is 117 Å². The van der Waals surface area contributed by atoms with E-state index in [-0.39, 0.29) is 15.5 Å². The third-order valence-corrected chi connectivity index (χ3v) is 5.74. The molecule has 2 rings (SSSR count). The number of ether oxygens (including phenoxy) is 1. The number of amides is 1. The molecule has 0 radical (unpaired) electrons. The molecule has 8 nitrogen and oxygen atoms in total. The van der Waals surface area contributed by atoms with Crippen molar-refractivity contribution in [2.45, 2.75) is 4.90 Å². The van der Waals surface area contributed by atoms with Crippen LogP contribution in [0.4, 0.5) is 10.1 Å². The zero-order chi connectivity index (χ0) is 21.6. The van der Waals surface area contributed by atoms with Crippen molar-refractivity contribution in [1.82, 2.24) is 4.31 Å². The fourth-order valence-corrected chi connectivity index (χ4v) is 3.46. The number of esters is 1. The van der Waals surface area contributed by atoms with Crippen LogP contribution in [0, 0.1) is 17.1 Å². The van der Waals surface area contributed by atoms with Gasteiger partial charge in [0.25, 0.3) is 5.91 Å². The molecule has 0 bridgehead atoms. The number of sulfonamides is 1. The molecule has 2 aromatic rings. The monoisotopic (exact) mass is 439 g/mol. The highest BCUT2D eigenvalue weighted by molar-refractivity contribution is 7.89. The van der Waals surface area contributed by atoms with Crippen molar-refractivity contribution < 1.29 is 27.1 Å². The molecule has 29 heavy (non-hydrogen) atoms. The van der Waals surface area contributed by atoms with Crippen molar-refractivity contribution in [2.24, 2.45) is 0 Å². The van der Waals surface area contributed by atoms with Crippen molar-refractivity contribution in [3.05, 3.63) is 58.9 Å². The molecule has 11 heteroatoms. The van der Waals surface area contributed by atoms with Crippen molar-refractivity contribution in [3.8, 4) is 6.07 Å². The average Bonchev–Trinajstić information content (AvgIpc) is 2.67. The molecular formula is C18H15ClFN3O5S. The second kappa shape index (κ2) is 9.47. The number of nitrogens with one attached hydrogen (secondary N) is 1. The van der Waals surface area contributed by atoms with E-state index >= 15 is 0 Å². The third-order valence-electron chi connectivity index (χ3n) is 3.61. The lowest BCUT2D eigenvalue weighted by Gasteiger charge is -2.16. The highest BCUT2D eigenvalue weighted by atomic mass is 35.5. The first-order chi connectivity index (χ1) is 13.6. The van der Waals surface area contributed by atoms with E-state index in [1.165, 1.54) is 18.2 Å². The zero-order valence-electron chi connectivity index (χ0n) is 15.1. The molecule has 1 N–H and O–H groups in total. The van der Waals surface area contributed by atoms with Gasteiger partial charge >= 0.3 is 5.97 Å². The van der Waals surface area contributed by atoms with Crippen LogP contribution >= 0.6 is 11.6 Å². The van der Waals surface area contributed by atoms with Crippen LogP contribution in [-0.2, 0) is 24.3 Å². The summed E-state index contributed by atoms with van der Waals surface area (Å²) in [6, 6.07) is 10.2. The van der Waals surface area contributed by atoms with E-state index < -0.39 is 40.9 Å². The summed E-state index contributed by atoms with van der Waals surface area (Å²) < 4.78 is 43.1. The van der Waals surface area contributed by atoms with Gasteiger partial charge in [-0.05, 0) is 42.5 Å². The van der Waals surface area contributed by atoms with Crippen LogP contribution in [0.2, 0.25) is 5.02 Å². The Hall–Kier alpha value is -3.00. The van der Waals surface area contributed by atoms with Gasteiger partial charge in [-0.25, -0.2) is 12.8 Å². The van der Waals surface area contributed by atoms with Crippen LogP contribution in [0.1, 0.15) is 5.56 Å². The number of rotatable bonds is 7. The molecule has 0 aromatic heterocycles. The van der Waals surface area contributed by atoms with Gasteiger partial charge in [-0.1, -0.05) is 11.6 Å². The molecule has 0 atom stereocenters. The smallest absolute Gasteiger partial charge is 0.321 e. The molecule has 0 aliphatic carbocycles. The number of hydrogen-bond donors (Lipinski definition) is 1. The van der Waals surface area contributed by atoms with Crippen LogP contribution in [0.5, 0.6) is 0 Å². The Labute approximate surface area is 171 Å². The van der Waals surface area contributed by atoms with E-state index in [0.717, 1.165) is 35.6 Å². The normalized spacial score (nSPS) is 11.0. The summed E-state index contributed by atoms with van der Waals surface area (Å²) in [7, 11) is -2.87. The quantitative estimate of drug-likeness (QED) is 0.661. The Bertz CT molecular complexity index is 1070. The van der Waals surface area contributed by atoms with Crippen LogP contribution in [0.3, 0.4) is 0 Å². The Morgan fingerprint density at radius 1 is 1.24 bits per heavy atom. The molecule has 0 heterocycles. The fraction of sp³-hybridized carbons (Fsp3) is 0.167. The van der Waals surface area contributed by atoms with Crippen LogP contribution in [0.15, 0.2) is 47.4 Å². The fourth-order valence-electron chi connectivity index (χ4n) is 2.13. The molecule has 2 aromatic carbocycles. The third kappa shape index (κ3) is 5.99. The van der Waals surface area contributed by atoms with Gasteiger partial charge < -0.3 is 10.1 Å². The molecule has 0 saturated heterocycles. The van der Waals surface area contributed by atoms with E-state index in [4.69, 9.17) is 21.6 Å².